The molecule has 0 aromatic carbocycles. The van der Waals surface area contributed by atoms with Crippen molar-refractivity contribution in [2.45, 2.75) is 56.6 Å². The molecule has 4 rings (SSSR count). The van der Waals surface area contributed by atoms with E-state index in [0.717, 1.165) is 45.1 Å². The van der Waals surface area contributed by atoms with Gasteiger partial charge in [-0.1, -0.05) is 6.42 Å². The zero-order valence-corrected chi connectivity index (χ0v) is 15.1. The van der Waals surface area contributed by atoms with Gasteiger partial charge in [0.1, 0.15) is 11.4 Å². The summed E-state index contributed by atoms with van der Waals surface area (Å²) in [7, 11) is 0. The number of hydrogen-bond acceptors (Lipinski definition) is 4. The molecule has 1 spiro atoms. The minimum Gasteiger partial charge on any atom is -0.465 e. The van der Waals surface area contributed by atoms with Crippen LogP contribution in [-0.2, 0) is 9.53 Å². The lowest BCUT2D eigenvalue weighted by atomic mass is 9.84. The van der Waals surface area contributed by atoms with Crippen LogP contribution in [0.3, 0.4) is 0 Å². The molecule has 2 amide bonds. The Balaban J connectivity index is 1.31. The Kier molecular flexibility index (Phi) is 4.74. The van der Waals surface area contributed by atoms with Crippen LogP contribution in [0.5, 0.6) is 0 Å². The zero-order chi connectivity index (χ0) is 18.0. The number of nitrogens with zero attached hydrogens (tertiary/aromatic N) is 2. The Morgan fingerprint density at radius 2 is 1.96 bits per heavy atom. The van der Waals surface area contributed by atoms with Crippen LogP contribution >= 0.6 is 0 Å². The van der Waals surface area contributed by atoms with Crippen LogP contribution in [0.1, 0.15) is 50.7 Å². The number of furan rings is 1. The van der Waals surface area contributed by atoms with Crippen molar-refractivity contribution in [3.8, 4) is 0 Å². The maximum atomic E-state index is 12.4. The van der Waals surface area contributed by atoms with Crippen molar-refractivity contribution >= 4 is 18.1 Å². The quantitative estimate of drug-likeness (QED) is 0.777. The van der Waals surface area contributed by atoms with Gasteiger partial charge in [-0.15, -0.1) is 0 Å². The Morgan fingerprint density at radius 3 is 2.65 bits per heavy atom. The molecule has 1 aromatic rings. The lowest BCUT2D eigenvalue weighted by molar-refractivity contribution is -0.127. The summed E-state index contributed by atoms with van der Waals surface area (Å²) >= 11 is 0. The molecule has 0 bridgehead atoms. The van der Waals surface area contributed by atoms with Gasteiger partial charge in [-0.3, -0.25) is 4.79 Å². The zero-order valence-electron chi connectivity index (χ0n) is 15.1. The fourth-order valence-electron chi connectivity index (χ4n) is 4.43. The van der Waals surface area contributed by atoms with Gasteiger partial charge in [-0.25, -0.2) is 4.79 Å². The highest BCUT2D eigenvalue weighted by molar-refractivity contribution is 5.91. The topological polar surface area (TPSA) is 63.0 Å². The van der Waals surface area contributed by atoms with Crippen molar-refractivity contribution in [1.82, 2.24) is 9.80 Å². The number of ether oxygens (including phenoxy) is 1. The largest absolute Gasteiger partial charge is 0.465 e. The summed E-state index contributed by atoms with van der Waals surface area (Å²) in [6, 6.07) is 3.79. The fraction of sp³-hybridized carbons (Fsp3) is 0.600. The fourth-order valence-corrected chi connectivity index (χ4v) is 4.43. The van der Waals surface area contributed by atoms with E-state index < -0.39 is 0 Å². The van der Waals surface area contributed by atoms with E-state index in [0.29, 0.717) is 18.8 Å². The molecule has 0 N–H and O–H groups in total. The highest BCUT2D eigenvalue weighted by atomic mass is 16.6. The van der Waals surface area contributed by atoms with Crippen LogP contribution in [0.15, 0.2) is 28.9 Å². The first-order valence-corrected chi connectivity index (χ1v) is 9.65. The predicted octanol–water partition coefficient (Wildman–Crippen LogP) is 3.44. The van der Waals surface area contributed by atoms with Crippen molar-refractivity contribution in [1.29, 1.82) is 0 Å². The first kappa shape index (κ1) is 17.2. The highest BCUT2D eigenvalue weighted by Crippen LogP contribution is 2.38. The van der Waals surface area contributed by atoms with Gasteiger partial charge in [0.2, 0.25) is 5.91 Å². The Bertz CT molecular complexity index is 668. The molecule has 3 fully saturated rings. The highest BCUT2D eigenvalue weighted by Gasteiger charge is 2.48. The van der Waals surface area contributed by atoms with Gasteiger partial charge in [-0.2, -0.15) is 0 Å². The van der Waals surface area contributed by atoms with Gasteiger partial charge in [0, 0.05) is 25.2 Å². The number of amides is 2. The van der Waals surface area contributed by atoms with Gasteiger partial charge in [0.15, 0.2) is 0 Å². The van der Waals surface area contributed by atoms with Crippen molar-refractivity contribution < 1.29 is 18.7 Å². The van der Waals surface area contributed by atoms with Crippen LogP contribution in [0.4, 0.5) is 4.79 Å². The lowest BCUT2D eigenvalue weighted by Gasteiger charge is -2.36. The van der Waals surface area contributed by atoms with Crippen LogP contribution in [0, 0.1) is 0 Å². The van der Waals surface area contributed by atoms with Gasteiger partial charge in [0.25, 0.3) is 0 Å². The van der Waals surface area contributed by atoms with Gasteiger partial charge in [0.05, 0.1) is 12.8 Å². The van der Waals surface area contributed by atoms with E-state index in [2.05, 4.69) is 0 Å². The summed E-state index contributed by atoms with van der Waals surface area (Å²) in [5.41, 5.74) is -0.242. The molecule has 2 saturated heterocycles. The first-order chi connectivity index (χ1) is 12.7. The van der Waals surface area contributed by atoms with Crippen LogP contribution in [0.2, 0.25) is 0 Å². The predicted molar refractivity (Wildman–Crippen MR) is 96.3 cm³/mol. The number of piperidine rings is 1. The van der Waals surface area contributed by atoms with Crippen LogP contribution < -0.4 is 0 Å². The van der Waals surface area contributed by atoms with E-state index in [9.17, 15) is 9.59 Å². The molecule has 26 heavy (non-hydrogen) atoms. The molecule has 140 valence electrons. The van der Waals surface area contributed by atoms with Crippen LogP contribution in [-0.4, -0.2) is 53.1 Å². The summed E-state index contributed by atoms with van der Waals surface area (Å²) in [6.07, 6.45) is 11.8. The molecule has 1 saturated carbocycles. The first-order valence-electron chi connectivity index (χ1n) is 9.65. The number of carbonyl (C=O) groups excluding carboxylic acids is 2. The molecule has 3 heterocycles. The maximum absolute atomic E-state index is 12.4. The Morgan fingerprint density at radius 1 is 1.19 bits per heavy atom. The number of carbonyl (C=O) groups is 2. The summed E-state index contributed by atoms with van der Waals surface area (Å²) in [6.45, 7) is 2.06. The molecule has 6 heteroatoms. The Hall–Kier alpha value is -2.24. The average Bonchev–Trinajstić information content (AvgIpc) is 3.29. The molecule has 0 unspecified atom stereocenters. The maximum Gasteiger partial charge on any atom is 0.410 e. The monoisotopic (exact) mass is 358 g/mol. The van der Waals surface area contributed by atoms with Crippen molar-refractivity contribution in [2.24, 2.45) is 0 Å². The second-order valence-corrected chi connectivity index (χ2v) is 7.64. The van der Waals surface area contributed by atoms with Gasteiger partial charge in [-0.05, 0) is 56.7 Å². The van der Waals surface area contributed by atoms with Crippen LogP contribution in [0.25, 0.3) is 6.08 Å². The summed E-state index contributed by atoms with van der Waals surface area (Å²) in [5.74, 6) is 0.665. The minimum absolute atomic E-state index is 0.00685. The van der Waals surface area contributed by atoms with E-state index in [1.165, 1.54) is 6.42 Å². The second-order valence-electron chi connectivity index (χ2n) is 7.64. The van der Waals surface area contributed by atoms with Crippen molar-refractivity contribution in [3.05, 3.63) is 30.2 Å². The second kappa shape index (κ2) is 7.17. The summed E-state index contributed by atoms with van der Waals surface area (Å²) in [5, 5.41) is 0. The average molecular weight is 358 g/mol. The lowest BCUT2D eigenvalue weighted by Crippen LogP contribution is -2.47. The van der Waals surface area contributed by atoms with E-state index >= 15 is 0 Å². The van der Waals surface area contributed by atoms with Crippen molar-refractivity contribution in [3.63, 3.8) is 0 Å². The third kappa shape index (κ3) is 3.50. The summed E-state index contributed by atoms with van der Waals surface area (Å²) in [4.78, 5) is 28.5. The SMILES string of the molecule is O=C(/C=C/c1ccco1)N1CCC(N2CC3(CCCCC3)OC2=O)CC1. The molecule has 6 nitrogen and oxygen atoms in total. The van der Waals surface area contributed by atoms with Gasteiger partial charge < -0.3 is 19.0 Å². The molecule has 0 atom stereocenters. The number of rotatable bonds is 3. The van der Waals surface area contributed by atoms with E-state index in [4.69, 9.17) is 9.15 Å². The van der Waals surface area contributed by atoms with Crippen molar-refractivity contribution in [2.75, 3.05) is 19.6 Å². The third-order valence-corrected chi connectivity index (χ3v) is 5.91. The van der Waals surface area contributed by atoms with Gasteiger partial charge >= 0.3 is 6.09 Å². The molecular formula is C20H26N2O4. The molecule has 2 aliphatic heterocycles. The van der Waals surface area contributed by atoms with E-state index in [1.54, 1.807) is 24.5 Å². The number of hydrogen-bond donors (Lipinski definition) is 0. The summed E-state index contributed by atoms with van der Waals surface area (Å²) < 4.78 is 11.0. The minimum atomic E-state index is -0.242. The molecule has 1 aliphatic carbocycles. The molecule has 1 aromatic heterocycles. The smallest absolute Gasteiger partial charge is 0.410 e. The third-order valence-electron chi connectivity index (χ3n) is 5.91. The number of likely N-dealkylation sites (tertiary alicyclic amines) is 1. The van der Waals surface area contributed by atoms with E-state index in [-0.39, 0.29) is 23.6 Å². The molecule has 3 aliphatic rings. The van der Waals surface area contributed by atoms with E-state index in [1.807, 2.05) is 15.9 Å². The molecular weight excluding hydrogens is 332 g/mol. The normalized spacial score (nSPS) is 23.8. The molecule has 0 radical (unpaired) electrons. The Labute approximate surface area is 153 Å². The standard InChI is InChI=1S/C20H26N2O4/c23-18(7-6-17-5-4-14-25-17)21-12-8-16(9-13-21)22-15-20(26-19(22)24)10-2-1-3-11-20/h4-7,14,16H,1-3,8-13,15H2/b7-6+.